The third-order valence-corrected chi connectivity index (χ3v) is 8.46. The predicted octanol–water partition coefficient (Wildman–Crippen LogP) is 4.72. The largest absolute Gasteiger partial charge is 0.357 e. The van der Waals surface area contributed by atoms with Crippen LogP contribution in [0.2, 0.25) is 0 Å². The molecule has 1 N–H and O–H groups in total. The molecule has 0 heterocycles. The van der Waals surface area contributed by atoms with Gasteiger partial charge in [0.2, 0.25) is 11.8 Å². The van der Waals surface area contributed by atoms with Gasteiger partial charge in [0.25, 0.3) is 10.0 Å². The van der Waals surface area contributed by atoms with Gasteiger partial charge in [-0.3, -0.25) is 13.9 Å². The van der Waals surface area contributed by atoms with E-state index in [2.05, 4.69) is 5.32 Å². The molecule has 2 amide bonds. The molecule has 4 aromatic carbocycles. The fourth-order valence-electron chi connectivity index (χ4n) is 4.61. The fraction of sp³-hybridized carbons (Fsp3) is 0.188. The average molecular weight is 574 g/mol. The molecule has 4 aromatic rings. The van der Waals surface area contributed by atoms with Gasteiger partial charge in [-0.15, -0.1) is 0 Å². The Morgan fingerprint density at radius 1 is 0.829 bits per heavy atom. The van der Waals surface area contributed by atoms with Crippen molar-refractivity contribution in [2.75, 3.05) is 17.9 Å². The Kier molecular flexibility index (Phi) is 9.52. The first-order chi connectivity index (χ1) is 19.7. The zero-order chi connectivity index (χ0) is 29.4. The van der Waals surface area contributed by atoms with Crippen LogP contribution >= 0.6 is 0 Å². The number of hydrogen-bond donors (Lipinski definition) is 1. The van der Waals surface area contributed by atoms with Gasteiger partial charge < -0.3 is 10.2 Å². The second kappa shape index (κ2) is 13.2. The number of halogens is 1. The number of likely N-dealkylation sites (N-methyl/N-ethyl adjacent to an activating group) is 1. The third kappa shape index (κ3) is 7.18. The molecule has 0 spiro atoms. The van der Waals surface area contributed by atoms with E-state index in [1.54, 1.807) is 18.2 Å². The van der Waals surface area contributed by atoms with Crippen LogP contribution < -0.4 is 9.62 Å². The standard InChI is InChI=1S/C32H32FN3O4S/c1-24-12-11-15-26(20-24)22-35(30(32(38)34-2)21-25-13-5-3-6-14-25)31(37)23-36(29-19-10-9-18-28(29)33)41(39,40)27-16-7-4-8-17-27/h3-20,30H,21-23H2,1-2H3,(H,34,38)/t30-/m1/s1. The summed E-state index contributed by atoms with van der Waals surface area (Å²) in [6.07, 6.45) is 0.198. The van der Waals surface area contributed by atoms with Gasteiger partial charge in [0.1, 0.15) is 18.4 Å². The summed E-state index contributed by atoms with van der Waals surface area (Å²) < 4.78 is 43.4. The summed E-state index contributed by atoms with van der Waals surface area (Å²) in [4.78, 5) is 28.7. The Hall–Kier alpha value is -4.50. The Morgan fingerprint density at radius 3 is 2.07 bits per heavy atom. The molecule has 41 heavy (non-hydrogen) atoms. The number of carbonyl (C=O) groups excluding carboxylic acids is 2. The number of aryl methyl sites for hydroxylation is 1. The lowest BCUT2D eigenvalue weighted by Gasteiger charge is -2.33. The van der Waals surface area contributed by atoms with E-state index in [-0.39, 0.29) is 23.5 Å². The van der Waals surface area contributed by atoms with Crippen LogP contribution in [0, 0.1) is 12.7 Å². The molecule has 0 aromatic heterocycles. The minimum atomic E-state index is -4.35. The number of anilines is 1. The maximum atomic E-state index is 15.1. The molecule has 0 aliphatic carbocycles. The van der Waals surface area contributed by atoms with Crippen LogP contribution in [0.4, 0.5) is 10.1 Å². The highest BCUT2D eigenvalue weighted by atomic mass is 32.2. The number of carbonyl (C=O) groups is 2. The molecule has 0 saturated carbocycles. The van der Waals surface area contributed by atoms with Crippen LogP contribution in [0.1, 0.15) is 16.7 Å². The van der Waals surface area contributed by atoms with Gasteiger partial charge in [0.05, 0.1) is 10.6 Å². The molecule has 0 fully saturated rings. The summed E-state index contributed by atoms with van der Waals surface area (Å²) >= 11 is 0. The van der Waals surface area contributed by atoms with Crippen molar-refractivity contribution in [3.8, 4) is 0 Å². The van der Waals surface area contributed by atoms with Gasteiger partial charge in [-0.2, -0.15) is 0 Å². The lowest BCUT2D eigenvalue weighted by Crippen LogP contribution is -2.53. The number of benzene rings is 4. The van der Waals surface area contributed by atoms with Crippen molar-refractivity contribution in [1.82, 2.24) is 10.2 Å². The van der Waals surface area contributed by atoms with Crippen LogP contribution in [0.5, 0.6) is 0 Å². The van der Waals surface area contributed by atoms with E-state index in [0.717, 1.165) is 27.1 Å². The highest BCUT2D eigenvalue weighted by molar-refractivity contribution is 7.92. The zero-order valence-electron chi connectivity index (χ0n) is 22.9. The van der Waals surface area contributed by atoms with Crippen molar-refractivity contribution in [3.63, 3.8) is 0 Å². The molecule has 9 heteroatoms. The number of nitrogens with zero attached hydrogens (tertiary/aromatic N) is 2. The topological polar surface area (TPSA) is 86.8 Å². The predicted molar refractivity (Wildman–Crippen MR) is 157 cm³/mol. The average Bonchev–Trinajstić information content (AvgIpc) is 2.98. The molecule has 0 aliphatic heterocycles. The van der Waals surface area contributed by atoms with Crippen LogP contribution in [0.3, 0.4) is 0 Å². The van der Waals surface area contributed by atoms with Gasteiger partial charge >= 0.3 is 0 Å². The fourth-order valence-corrected chi connectivity index (χ4v) is 6.06. The normalized spacial score (nSPS) is 11.9. The SMILES string of the molecule is CNC(=O)[C@@H](Cc1ccccc1)N(Cc1cccc(C)c1)C(=O)CN(c1ccccc1F)S(=O)(=O)c1ccccc1. The van der Waals surface area contributed by atoms with Crippen molar-refractivity contribution in [2.24, 2.45) is 0 Å². The monoisotopic (exact) mass is 573 g/mol. The summed E-state index contributed by atoms with van der Waals surface area (Å²) in [5, 5.41) is 2.64. The van der Waals surface area contributed by atoms with E-state index in [1.165, 1.54) is 42.3 Å². The molecule has 0 radical (unpaired) electrons. The van der Waals surface area contributed by atoms with Crippen molar-refractivity contribution < 1.29 is 22.4 Å². The van der Waals surface area contributed by atoms with Crippen molar-refractivity contribution in [3.05, 3.63) is 132 Å². The van der Waals surface area contributed by atoms with Crippen LogP contribution in [0.15, 0.2) is 114 Å². The number of sulfonamides is 1. The van der Waals surface area contributed by atoms with E-state index < -0.39 is 40.2 Å². The van der Waals surface area contributed by atoms with E-state index in [1.807, 2.05) is 61.5 Å². The number of hydrogen-bond acceptors (Lipinski definition) is 4. The summed E-state index contributed by atoms with van der Waals surface area (Å²) in [5.74, 6) is -1.85. The molecular formula is C32H32FN3O4S. The lowest BCUT2D eigenvalue weighted by molar-refractivity contribution is -0.139. The van der Waals surface area contributed by atoms with E-state index in [0.29, 0.717) is 0 Å². The quantitative estimate of drug-likeness (QED) is 0.282. The van der Waals surface area contributed by atoms with Gasteiger partial charge in [-0.1, -0.05) is 90.5 Å². The number of nitrogens with one attached hydrogen (secondary N) is 1. The second-order valence-corrected chi connectivity index (χ2v) is 11.5. The van der Waals surface area contributed by atoms with Crippen molar-refractivity contribution in [2.45, 2.75) is 30.8 Å². The van der Waals surface area contributed by atoms with Gasteiger partial charge in [-0.25, -0.2) is 12.8 Å². The maximum absolute atomic E-state index is 15.1. The Balaban J connectivity index is 1.79. The minimum absolute atomic E-state index is 0.0436. The smallest absolute Gasteiger partial charge is 0.264 e. The maximum Gasteiger partial charge on any atom is 0.264 e. The highest BCUT2D eigenvalue weighted by Crippen LogP contribution is 2.27. The molecule has 0 aliphatic rings. The van der Waals surface area contributed by atoms with Gasteiger partial charge in [0, 0.05) is 20.0 Å². The van der Waals surface area contributed by atoms with E-state index in [4.69, 9.17) is 0 Å². The first kappa shape index (κ1) is 29.5. The third-order valence-electron chi connectivity index (χ3n) is 6.68. The lowest BCUT2D eigenvalue weighted by atomic mass is 10.0. The molecule has 7 nitrogen and oxygen atoms in total. The summed E-state index contributed by atoms with van der Waals surface area (Å²) in [6, 6.07) is 28.8. The zero-order valence-corrected chi connectivity index (χ0v) is 23.7. The van der Waals surface area contributed by atoms with Crippen molar-refractivity contribution >= 4 is 27.5 Å². The minimum Gasteiger partial charge on any atom is -0.357 e. The first-order valence-electron chi connectivity index (χ1n) is 13.1. The summed E-state index contributed by atoms with van der Waals surface area (Å²) in [5.41, 5.74) is 2.29. The summed E-state index contributed by atoms with van der Waals surface area (Å²) in [6.45, 7) is 1.25. The van der Waals surface area contributed by atoms with Crippen LogP contribution in [-0.4, -0.2) is 44.8 Å². The van der Waals surface area contributed by atoms with Crippen molar-refractivity contribution in [1.29, 1.82) is 0 Å². The number of para-hydroxylation sites is 1. The number of rotatable bonds is 11. The number of amides is 2. The Bertz CT molecular complexity index is 1600. The van der Waals surface area contributed by atoms with E-state index in [9.17, 15) is 18.0 Å². The Labute approximate surface area is 240 Å². The first-order valence-corrected chi connectivity index (χ1v) is 14.6. The van der Waals surface area contributed by atoms with Crippen LogP contribution in [-0.2, 0) is 32.6 Å². The molecule has 0 bridgehead atoms. The van der Waals surface area contributed by atoms with Gasteiger partial charge in [0.15, 0.2) is 0 Å². The molecular weight excluding hydrogens is 541 g/mol. The van der Waals surface area contributed by atoms with Crippen LogP contribution in [0.25, 0.3) is 0 Å². The highest BCUT2D eigenvalue weighted by Gasteiger charge is 2.35. The molecule has 4 rings (SSSR count). The second-order valence-electron chi connectivity index (χ2n) is 9.61. The molecule has 212 valence electrons. The molecule has 1 atom stereocenters. The van der Waals surface area contributed by atoms with E-state index >= 15 is 4.39 Å². The van der Waals surface area contributed by atoms with Gasteiger partial charge in [-0.05, 0) is 42.3 Å². The molecule has 0 unspecified atom stereocenters. The Morgan fingerprint density at radius 2 is 1.44 bits per heavy atom. The molecule has 0 saturated heterocycles. The summed E-state index contributed by atoms with van der Waals surface area (Å²) in [7, 11) is -2.86.